The van der Waals surface area contributed by atoms with E-state index in [4.69, 9.17) is 0 Å². The van der Waals surface area contributed by atoms with E-state index in [2.05, 4.69) is 39.6 Å². The molecule has 0 aliphatic heterocycles. The lowest BCUT2D eigenvalue weighted by Gasteiger charge is -2.21. The molecule has 0 radical (unpaired) electrons. The topological polar surface area (TPSA) is 12.0 Å². The van der Waals surface area contributed by atoms with E-state index in [1.807, 2.05) is 0 Å². The second-order valence-electron chi connectivity index (χ2n) is 4.10. The highest BCUT2D eigenvalue weighted by Gasteiger charge is 2.11. The number of hydrogen-bond donors (Lipinski definition) is 1. The summed E-state index contributed by atoms with van der Waals surface area (Å²) in [4.78, 5) is 0. The van der Waals surface area contributed by atoms with E-state index in [9.17, 15) is 0 Å². The molecule has 0 aromatic rings. The average molecular weight is 183 g/mol. The maximum atomic E-state index is 4.03. The van der Waals surface area contributed by atoms with Crippen molar-refractivity contribution in [1.82, 2.24) is 5.32 Å². The first kappa shape index (κ1) is 12.7. The van der Waals surface area contributed by atoms with Crippen LogP contribution in [0.3, 0.4) is 0 Å². The smallest absolute Gasteiger partial charge is 0.0276 e. The summed E-state index contributed by atoms with van der Waals surface area (Å²) in [6, 6.07) is 0.523. The van der Waals surface area contributed by atoms with Crippen molar-refractivity contribution in [3.05, 3.63) is 12.2 Å². The van der Waals surface area contributed by atoms with Crippen LogP contribution in [0.25, 0.3) is 0 Å². The molecule has 0 saturated heterocycles. The monoisotopic (exact) mass is 183 g/mol. The van der Waals surface area contributed by atoms with Gasteiger partial charge in [0.05, 0.1) is 0 Å². The van der Waals surface area contributed by atoms with Crippen molar-refractivity contribution in [2.75, 3.05) is 6.54 Å². The third kappa shape index (κ3) is 5.87. The molecule has 1 N–H and O–H groups in total. The van der Waals surface area contributed by atoms with Crippen LogP contribution in [-0.4, -0.2) is 12.6 Å². The third-order valence-corrected chi connectivity index (χ3v) is 2.57. The van der Waals surface area contributed by atoms with Crippen LogP contribution in [0.5, 0.6) is 0 Å². The average Bonchev–Trinajstić information content (AvgIpc) is 2.11. The van der Waals surface area contributed by atoms with Crippen LogP contribution in [0.15, 0.2) is 12.2 Å². The normalized spacial score (nSPS) is 15.4. The van der Waals surface area contributed by atoms with Crippen molar-refractivity contribution in [3.63, 3.8) is 0 Å². The lowest BCUT2D eigenvalue weighted by atomic mass is 9.95. The molecule has 2 unspecified atom stereocenters. The van der Waals surface area contributed by atoms with Crippen LogP contribution >= 0.6 is 0 Å². The SMILES string of the molecule is C=C(C)C(CC(C)CC)NCCC. The molecule has 0 aliphatic rings. The second kappa shape index (κ2) is 7.14. The Hall–Kier alpha value is -0.300. The van der Waals surface area contributed by atoms with Crippen molar-refractivity contribution in [2.24, 2.45) is 5.92 Å². The molecule has 78 valence electrons. The summed E-state index contributed by atoms with van der Waals surface area (Å²) < 4.78 is 0. The molecule has 0 heterocycles. The van der Waals surface area contributed by atoms with E-state index in [1.165, 1.54) is 24.8 Å². The first-order valence-corrected chi connectivity index (χ1v) is 5.50. The van der Waals surface area contributed by atoms with Crippen molar-refractivity contribution < 1.29 is 0 Å². The molecule has 0 rings (SSSR count). The highest BCUT2D eigenvalue weighted by Crippen LogP contribution is 2.14. The minimum absolute atomic E-state index is 0.523. The summed E-state index contributed by atoms with van der Waals surface area (Å²) >= 11 is 0. The number of nitrogens with one attached hydrogen (secondary N) is 1. The molecule has 0 aliphatic carbocycles. The van der Waals surface area contributed by atoms with Gasteiger partial charge in [0, 0.05) is 6.04 Å². The Labute approximate surface area is 83.6 Å². The van der Waals surface area contributed by atoms with E-state index in [1.54, 1.807) is 0 Å². The van der Waals surface area contributed by atoms with Crippen LogP contribution in [0.1, 0.15) is 47.0 Å². The van der Waals surface area contributed by atoms with E-state index in [-0.39, 0.29) is 0 Å². The maximum absolute atomic E-state index is 4.03. The van der Waals surface area contributed by atoms with Gasteiger partial charge in [0.25, 0.3) is 0 Å². The van der Waals surface area contributed by atoms with Crippen molar-refractivity contribution in [2.45, 2.75) is 53.0 Å². The molecule has 0 saturated carbocycles. The van der Waals surface area contributed by atoms with Gasteiger partial charge in [-0.25, -0.2) is 0 Å². The summed E-state index contributed by atoms with van der Waals surface area (Å²) in [6.45, 7) is 14.0. The minimum Gasteiger partial charge on any atom is -0.310 e. The molecule has 0 aromatic carbocycles. The van der Waals surface area contributed by atoms with Gasteiger partial charge in [-0.1, -0.05) is 39.3 Å². The lowest BCUT2D eigenvalue weighted by molar-refractivity contribution is 0.426. The molecular weight excluding hydrogens is 158 g/mol. The van der Waals surface area contributed by atoms with Gasteiger partial charge in [0.15, 0.2) is 0 Å². The maximum Gasteiger partial charge on any atom is 0.0276 e. The van der Waals surface area contributed by atoms with Gasteiger partial charge in [-0.3, -0.25) is 0 Å². The van der Waals surface area contributed by atoms with Gasteiger partial charge in [0.1, 0.15) is 0 Å². The molecule has 13 heavy (non-hydrogen) atoms. The summed E-state index contributed by atoms with van der Waals surface area (Å²) in [6.07, 6.45) is 3.69. The molecular formula is C12H25N. The van der Waals surface area contributed by atoms with Gasteiger partial charge >= 0.3 is 0 Å². The molecule has 0 spiro atoms. The Morgan fingerprint density at radius 1 is 1.38 bits per heavy atom. The molecule has 0 fully saturated rings. The van der Waals surface area contributed by atoms with E-state index in [0.717, 1.165) is 12.5 Å². The number of hydrogen-bond acceptors (Lipinski definition) is 1. The Balaban J connectivity index is 3.87. The highest BCUT2D eigenvalue weighted by molar-refractivity contribution is 5.01. The molecule has 0 amide bonds. The largest absolute Gasteiger partial charge is 0.310 e. The fraction of sp³-hybridized carbons (Fsp3) is 0.833. The van der Waals surface area contributed by atoms with Gasteiger partial charge in [-0.2, -0.15) is 0 Å². The van der Waals surface area contributed by atoms with Crippen LogP contribution in [-0.2, 0) is 0 Å². The molecule has 0 bridgehead atoms. The standard InChI is InChI=1S/C12H25N/c1-6-8-13-12(10(3)4)9-11(5)7-2/h11-13H,3,6-9H2,1-2,4-5H3. The van der Waals surface area contributed by atoms with Crippen LogP contribution < -0.4 is 5.32 Å². The Morgan fingerprint density at radius 3 is 2.38 bits per heavy atom. The lowest BCUT2D eigenvalue weighted by Crippen LogP contribution is -2.32. The molecule has 1 nitrogen and oxygen atoms in total. The van der Waals surface area contributed by atoms with E-state index < -0.39 is 0 Å². The Morgan fingerprint density at radius 2 is 2.00 bits per heavy atom. The fourth-order valence-electron chi connectivity index (χ4n) is 1.35. The first-order chi connectivity index (χ1) is 6.11. The highest BCUT2D eigenvalue weighted by atomic mass is 14.9. The quantitative estimate of drug-likeness (QED) is 0.597. The summed E-state index contributed by atoms with van der Waals surface area (Å²) in [5.41, 5.74) is 1.27. The summed E-state index contributed by atoms with van der Waals surface area (Å²) in [7, 11) is 0. The Bertz CT molecular complexity index is 140. The first-order valence-electron chi connectivity index (χ1n) is 5.50. The molecule has 0 aromatic heterocycles. The van der Waals surface area contributed by atoms with Crippen molar-refractivity contribution in [1.29, 1.82) is 0 Å². The van der Waals surface area contributed by atoms with E-state index in [0.29, 0.717) is 6.04 Å². The summed E-state index contributed by atoms with van der Waals surface area (Å²) in [5, 5.41) is 3.53. The van der Waals surface area contributed by atoms with Crippen molar-refractivity contribution in [3.8, 4) is 0 Å². The van der Waals surface area contributed by atoms with E-state index >= 15 is 0 Å². The predicted octanol–water partition coefficient (Wildman–Crippen LogP) is 3.37. The zero-order chi connectivity index (χ0) is 10.3. The van der Waals surface area contributed by atoms with Gasteiger partial charge in [0.2, 0.25) is 0 Å². The second-order valence-corrected chi connectivity index (χ2v) is 4.10. The van der Waals surface area contributed by atoms with Gasteiger partial charge < -0.3 is 5.32 Å². The van der Waals surface area contributed by atoms with Crippen molar-refractivity contribution >= 4 is 0 Å². The molecule has 1 heteroatoms. The van der Waals surface area contributed by atoms with Crippen LogP contribution in [0.2, 0.25) is 0 Å². The van der Waals surface area contributed by atoms with Gasteiger partial charge in [-0.05, 0) is 32.2 Å². The zero-order valence-electron chi connectivity index (χ0n) is 9.69. The summed E-state index contributed by atoms with van der Waals surface area (Å²) in [5.74, 6) is 0.797. The van der Waals surface area contributed by atoms with Gasteiger partial charge in [-0.15, -0.1) is 0 Å². The van der Waals surface area contributed by atoms with Crippen LogP contribution in [0.4, 0.5) is 0 Å². The van der Waals surface area contributed by atoms with Crippen LogP contribution in [0, 0.1) is 5.92 Å². The number of rotatable bonds is 7. The Kier molecular flexibility index (Phi) is 6.97. The fourth-order valence-corrected chi connectivity index (χ4v) is 1.35. The third-order valence-electron chi connectivity index (χ3n) is 2.57. The minimum atomic E-state index is 0.523. The predicted molar refractivity (Wildman–Crippen MR) is 61.0 cm³/mol. The molecule has 2 atom stereocenters. The zero-order valence-corrected chi connectivity index (χ0v) is 9.69.